The molecule has 0 saturated carbocycles. The Hall–Kier alpha value is -2.01. The maximum atomic E-state index is 10.9. The summed E-state index contributed by atoms with van der Waals surface area (Å²) in [6, 6.07) is 6.14. The lowest BCUT2D eigenvalue weighted by Crippen LogP contribution is -1.97. The lowest BCUT2D eigenvalue weighted by Gasteiger charge is -2.01. The van der Waals surface area contributed by atoms with Gasteiger partial charge in [-0.2, -0.15) is 0 Å². The minimum atomic E-state index is -0.630. The van der Waals surface area contributed by atoms with E-state index < -0.39 is 4.92 Å². The number of hydrogen-bond acceptors (Lipinski definition) is 4. The number of nitrogens with zero attached hydrogens (tertiary/aromatic N) is 2. The van der Waals surface area contributed by atoms with Crippen molar-refractivity contribution >= 4 is 34.5 Å². The van der Waals surface area contributed by atoms with E-state index in [9.17, 15) is 14.9 Å². The largest absolute Gasteiger partial charge is 0.305 e. The molecule has 2 rings (SSSR count). The van der Waals surface area contributed by atoms with E-state index in [1.54, 1.807) is 12.1 Å². The van der Waals surface area contributed by atoms with Gasteiger partial charge in [0, 0.05) is 5.39 Å². The third kappa shape index (κ3) is 1.61. The van der Waals surface area contributed by atoms with Gasteiger partial charge in [-0.3, -0.25) is 14.9 Å². The van der Waals surface area contributed by atoms with Crippen molar-refractivity contribution in [2.75, 3.05) is 0 Å². The van der Waals surface area contributed by atoms with Crippen molar-refractivity contribution in [2.24, 2.45) is 0 Å². The summed E-state index contributed by atoms with van der Waals surface area (Å²) < 4.78 is 0. The van der Waals surface area contributed by atoms with Crippen LogP contribution in [0.15, 0.2) is 24.3 Å². The van der Waals surface area contributed by atoms with Gasteiger partial charge in [-0.05, 0) is 18.2 Å². The van der Waals surface area contributed by atoms with E-state index in [4.69, 9.17) is 11.6 Å². The van der Waals surface area contributed by atoms with Crippen LogP contribution in [0.25, 0.3) is 10.9 Å². The van der Waals surface area contributed by atoms with Gasteiger partial charge in [0.15, 0.2) is 11.8 Å². The quantitative estimate of drug-likeness (QED) is 0.348. The number of aromatic nitrogens is 1. The molecule has 5 nitrogen and oxygen atoms in total. The summed E-state index contributed by atoms with van der Waals surface area (Å²) in [5.41, 5.74) is -0.190. The molecule has 80 valence electrons. The van der Waals surface area contributed by atoms with E-state index >= 15 is 0 Å². The van der Waals surface area contributed by atoms with Gasteiger partial charge in [-0.1, -0.05) is 17.7 Å². The van der Waals surface area contributed by atoms with Crippen molar-refractivity contribution < 1.29 is 9.72 Å². The summed E-state index contributed by atoms with van der Waals surface area (Å²) in [6.07, 6.45) is 0.431. The molecule has 0 radical (unpaired) electrons. The van der Waals surface area contributed by atoms with Crippen LogP contribution in [0.5, 0.6) is 0 Å². The standard InChI is InChI=1S/C10H5ClN2O3/c11-8-4-3-6-1-2-7(5-14)10(13(15)16)9(6)12-8/h1-5H. The summed E-state index contributed by atoms with van der Waals surface area (Å²) in [6.45, 7) is 0. The Balaban J connectivity index is 2.92. The second-order valence-corrected chi connectivity index (χ2v) is 3.47. The normalized spacial score (nSPS) is 10.3. The topological polar surface area (TPSA) is 73.1 Å². The number of pyridine rings is 1. The number of carbonyl (C=O) groups is 1. The number of benzene rings is 1. The highest BCUT2D eigenvalue weighted by Crippen LogP contribution is 2.28. The van der Waals surface area contributed by atoms with Crippen LogP contribution in [0.4, 0.5) is 5.69 Å². The lowest BCUT2D eigenvalue weighted by molar-refractivity contribution is -0.383. The maximum absolute atomic E-state index is 10.9. The zero-order chi connectivity index (χ0) is 11.7. The van der Waals surface area contributed by atoms with Crippen LogP contribution < -0.4 is 0 Å². The van der Waals surface area contributed by atoms with Crippen LogP contribution in [0.3, 0.4) is 0 Å². The van der Waals surface area contributed by atoms with Crippen molar-refractivity contribution in [2.45, 2.75) is 0 Å². The zero-order valence-corrected chi connectivity index (χ0v) is 8.64. The van der Waals surface area contributed by atoms with E-state index in [0.717, 1.165) is 0 Å². The first-order valence-corrected chi connectivity index (χ1v) is 4.70. The van der Waals surface area contributed by atoms with Crippen LogP contribution in [-0.4, -0.2) is 16.2 Å². The number of rotatable bonds is 2. The number of aldehydes is 1. The SMILES string of the molecule is O=Cc1ccc2ccc(Cl)nc2c1[N+](=O)[O-]. The van der Waals surface area contributed by atoms with Gasteiger partial charge >= 0.3 is 5.69 Å². The maximum Gasteiger partial charge on any atom is 0.305 e. The van der Waals surface area contributed by atoms with Crippen LogP contribution in [0.2, 0.25) is 5.15 Å². The highest BCUT2D eigenvalue weighted by atomic mass is 35.5. The third-order valence-electron chi connectivity index (χ3n) is 2.14. The first-order chi connectivity index (χ1) is 7.63. The summed E-state index contributed by atoms with van der Waals surface area (Å²) >= 11 is 5.67. The molecular weight excluding hydrogens is 232 g/mol. The average Bonchev–Trinajstić information content (AvgIpc) is 2.26. The number of nitro benzene ring substituents is 1. The highest BCUT2D eigenvalue weighted by Gasteiger charge is 2.19. The Labute approximate surface area is 94.8 Å². The van der Waals surface area contributed by atoms with Gasteiger partial charge < -0.3 is 0 Å². The fraction of sp³-hybridized carbons (Fsp3) is 0. The number of hydrogen-bond donors (Lipinski definition) is 0. The van der Waals surface area contributed by atoms with Crippen LogP contribution in [0.1, 0.15) is 10.4 Å². The second kappa shape index (κ2) is 3.86. The summed E-state index contributed by atoms with van der Waals surface area (Å²) in [5, 5.41) is 11.6. The first kappa shape index (κ1) is 10.5. The molecule has 0 N–H and O–H groups in total. The molecule has 0 bridgehead atoms. The van der Waals surface area contributed by atoms with Crippen molar-refractivity contribution in [3.63, 3.8) is 0 Å². The van der Waals surface area contributed by atoms with Gasteiger partial charge in [0.25, 0.3) is 0 Å². The molecule has 0 amide bonds. The molecule has 0 saturated heterocycles. The fourth-order valence-electron chi connectivity index (χ4n) is 1.45. The van der Waals surface area contributed by atoms with Crippen LogP contribution in [0, 0.1) is 10.1 Å². The fourth-order valence-corrected chi connectivity index (χ4v) is 1.60. The van der Waals surface area contributed by atoms with Crippen LogP contribution >= 0.6 is 11.6 Å². The average molecular weight is 237 g/mol. The van der Waals surface area contributed by atoms with E-state index in [1.165, 1.54) is 12.1 Å². The summed E-state index contributed by atoms with van der Waals surface area (Å²) in [5.74, 6) is 0. The predicted molar refractivity (Wildman–Crippen MR) is 58.8 cm³/mol. The number of fused-ring (bicyclic) bond motifs is 1. The third-order valence-corrected chi connectivity index (χ3v) is 2.35. The molecule has 16 heavy (non-hydrogen) atoms. The molecule has 0 atom stereocenters. The van der Waals surface area contributed by atoms with E-state index in [0.29, 0.717) is 11.7 Å². The lowest BCUT2D eigenvalue weighted by atomic mass is 10.1. The second-order valence-electron chi connectivity index (χ2n) is 3.08. The Morgan fingerprint density at radius 1 is 1.31 bits per heavy atom. The first-order valence-electron chi connectivity index (χ1n) is 4.32. The van der Waals surface area contributed by atoms with Gasteiger partial charge in [0.2, 0.25) is 0 Å². The molecule has 0 aliphatic carbocycles. The van der Waals surface area contributed by atoms with E-state index in [2.05, 4.69) is 4.98 Å². The number of halogens is 1. The minimum absolute atomic E-state index is 0.00716. The minimum Gasteiger partial charge on any atom is -0.298 e. The van der Waals surface area contributed by atoms with Crippen molar-refractivity contribution in [1.82, 2.24) is 4.98 Å². The molecule has 0 fully saturated rings. The molecule has 1 aromatic carbocycles. The molecule has 1 heterocycles. The molecule has 0 unspecified atom stereocenters. The predicted octanol–water partition coefficient (Wildman–Crippen LogP) is 2.61. The molecule has 2 aromatic rings. The van der Waals surface area contributed by atoms with Crippen LogP contribution in [-0.2, 0) is 0 Å². The van der Waals surface area contributed by atoms with Gasteiger partial charge in [-0.15, -0.1) is 0 Å². The molecule has 6 heteroatoms. The van der Waals surface area contributed by atoms with Crippen molar-refractivity contribution in [3.8, 4) is 0 Å². The molecule has 0 aliphatic rings. The summed E-state index contributed by atoms with van der Waals surface area (Å²) in [7, 11) is 0. The molecule has 0 aliphatic heterocycles. The van der Waals surface area contributed by atoms with Crippen molar-refractivity contribution in [3.05, 3.63) is 45.1 Å². The Bertz CT molecular complexity index is 598. The summed E-state index contributed by atoms with van der Waals surface area (Å²) in [4.78, 5) is 24.8. The number of carbonyl (C=O) groups excluding carboxylic acids is 1. The van der Waals surface area contributed by atoms with E-state index in [1.807, 2.05) is 0 Å². The van der Waals surface area contributed by atoms with Gasteiger partial charge in [0.1, 0.15) is 5.15 Å². The molecule has 1 aromatic heterocycles. The highest BCUT2D eigenvalue weighted by molar-refractivity contribution is 6.29. The van der Waals surface area contributed by atoms with E-state index in [-0.39, 0.29) is 21.9 Å². The Morgan fingerprint density at radius 3 is 2.62 bits per heavy atom. The zero-order valence-electron chi connectivity index (χ0n) is 7.88. The molecular formula is C10H5ClN2O3. The monoisotopic (exact) mass is 236 g/mol. The van der Waals surface area contributed by atoms with Crippen molar-refractivity contribution in [1.29, 1.82) is 0 Å². The van der Waals surface area contributed by atoms with Gasteiger partial charge in [0.05, 0.1) is 10.5 Å². The number of nitro groups is 1. The molecule has 0 spiro atoms. The van der Waals surface area contributed by atoms with Gasteiger partial charge in [-0.25, -0.2) is 4.98 Å². The smallest absolute Gasteiger partial charge is 0.298 e. The Morgan fingerprint density at radius 2 is 2.00 bits per heavy atom. The Kier molecular flexibility index (Phi) is 2.54.